The fourth-order valence-corrected chi connectivity index (χ4v) is 0.135. The Labute approximate surface area is 32.9 Å². The normalized spacial score (nSPS) is 39.5. The molecule has 0 radical (unpaired) electrons. The molecule has 36 valence electrons. The highest BCUT2D eigenvalue weighted by Crippen LogP contribution is 2.34. The molecule has 1 rings (SSSR count). The van der Waals surface area contributed by atoms with Crippen LogP contribution in [0.3, 0.4) is 0 Å². The SMILES string of the molecule is NC1OC1(F)F. The molecule has 0 aromatic carbocycles. The lowest BCUT2D eigenvalue weighted by molar-refractivity contribution is 0.00138. The van der Waals surface area contributed by atoms with Gasteiger partial charge in [0.1, 0.15) is 0 Å². The van der Waals surface area contributed by atoms with E-state index in [2.05, 4.69) is 10.5 Å². The Morgan fingerprint density at radius 3 is 1.83 bits per heavy atom. The van der Waals surface area contributed by atoms with Crippen LogP contribution in [0.5, 0.6) is 0 Å². The van der Waals surface area contributed by atoms with Crippen molar-refractivity contribution in [2.24, 2.45) is 5.73 Å². The number of nitrogens with two attached hydrogens (primary N) is 1. The van der Waals surface area contributed by atoms with Crippen molar-refractivity contribution in [3.8, 4) is 0 Å². The maximum absolute atomic E-state index is 11.2. The van der Waals surface area contributed by atoms with Gasteiger partial charge in [-0.15, -0.1) is 0 Å². The Bertz CT molecular complexity index is 73.9. The summed E-state index contributed by atoms with van der Waals surface area (Å²) in [6.07, 6.45) is -4.35. The average molecular weight is 95.0 g/mol. The van der Waals surface area contributed by atoms with Gasteiger partial charge in [-0.05, 0) is 0 Å². The molecule has 0 bridgehead atoms. The Hall–Kier alpha value is -0.220. The van der Waals surface area contributed by atoms with Gasteiger partial charge in [-0.1, -0.05) is 0 Å². The third kappa shape index (κ3) is 0.379. The van der Waals surface area contributed by atoms with Crippen molar-refractivity contribution in [3.63, 3.8) is 0 Å². The Kier molecular flexibility index (Phi) is 0.470. The Morgan fingerprint density at radius 1 is 1.67 bits per heavy atom. The van der Waals surface area contributed by atoms with Crippen LogP contribution in [0.1, 0.15) is 0 Å². The molecule has 1 unspecified atom stereocenters. The lowest BCUT2D eigenvalue weighted by Gasteiger charge is -1.74. The molecule has 0 aromatic rings. The Balaban J connectivity index is 2.41. The van der Waals surface area contributed by atoms with E-state index in [9.17, 15) is 8.78 Å². The second-order valence-corrected chi connectivity index (χ2v) is 1.10. The second kappa shape index (κ2) is 0.714. The molecule has 1 atom stereocenters. The molecule has 1 heterocycles. The van der Waals surface area contributed by atoms with E-state index in [0.717, 1.165) is 0 Å². The van der Waals surface area contributed by atoms with Crippen LogP contribution in [0.25, 0.3) is 0 Å². The predicted octanol–water partition coefficient (Wildman–Crippen LogP) is -0.106. The number of alkyl halides is 2. The molecule has 1 aliphatic heterocycles. The van der Waals surface area contributed by atoms with E-state index >= 15 is 0 Å². The molecule has 1 saturated heterocycles. The number of halogens is 2. The van der Waals surface area contributed by atoms with Crippen LogP contribution in [0.15, 0.2) is 0 Å². The molecule has 0 aromatic heterocycles. The van der Waals surface area contributed by atoms with Gasteiger partial charge in [0.25, 0.3) is 0 Å². The molecule has 4 heteroatoms. The van der Waals surface area contributed by atoms with E-state index in [4.69, 9.17) is 0 Å². The van der Waals surface area contributed by atoms with Crippen LogP contribution in [0, 0.1) is 0 Å². The highest BCUT2D eigenvalue weighted by Gasteiger charge is 2.57. The van der Waals surface area contributed by atoms with Crippen LogP contribution in [0.4, 0.5) is 8.78 Å². The lowest BCUT2D eigenvalue weighted by Crippen LogP contribution is -2.08. The van der Waals surface area contributed by atoms with Crippen LogP contribution in [0.2, 0.25) is 0 Å². The summed E-state index contributed by atoms with van der Waals surface area (Å²) in [6, 6.07) is 0. The minimum Gasteiger partial charge on any atom is -0.298 e. The zero-order valence-electron chi connectivity index (χ0n) is 2.82. The van der Waals surface area contributed by atoms with Gasteiger partial charge >= 0.3 is 6.11 Å². The van der Waals surface area contributed by atoms with Crippen molar-refractivity contribution < 1.29 is 13.5 Å². The van der Waals surface area contributed by atoms with E-state index in [-0.39, 0.29) is 0 Å². The second-order valence-electron chi connectivity index (χ2n) is 1.10. The molecule has 0 saturated carbocycles. The fourth-order valence-electron chi connectivity index (χ4n) is 0.135. The summed E-state index contributed by atoms with van der Waals surface area (Å²) < 4.78 is 25.9. The van der Waals surface area contributed by atoms with Crippen LogP contribution < -0.4 is 5.73 Å². The van der Waals surface area contributed by atoms with Gasteiger partial charge < -0.3 is 0 Å². The van der Waals surface area contributed by atoms with E-state index in [1.807, 2.05) is 0 Å². The first kappa shape index (κ1) is 3.95. The minimum absolute atomic E-state index is 1.34. The van der Waals surface area contributed by atoms with Crippen LogP contribution in [-0.4, -0.2) is 12.3 Å². The van der Waals surface area contributed by atoms with Gasteiger partial charge in [-0.3, -0.25) is 10.5 Å². The summed E-state index contributed by atoms with van der Waals surface area (Å²) >= 11 is 0. The third-order valence-corrected chi connectivity index (χ3v) is 0.558. The summed E-state index contributed by atoms with van der Waals surface area (Å²) in [7, 11) is 0. The molecule has 2 N–H and O–H groups in total. The van der Waals surface area contributed by atoms with Crippen molar-refractivity contribution in [1.82, 2.24) is 0 Å². The van der Waals surface area contributed by atoms with Crippen molar-refractivity contribution >= 4 is 0 Å². The fraction of sp³-hybridized carbons (Fsp3) is 1.00. The highest BCUT2D eigenvalue weighted by atomic mass is 19.3. The topological polar surface area (TPSA) is 38.5 Å². The summed E-state index contributed by atoms with van der Waals surface area (Å²) in [4.78, 5) is 0. The summed E-state index contributed by atoms with van der Waals surface area (Å²) in [6.45, 7) is 0. The lowest BCUT2D eigenvalue weighted by atomic mass is 10.7. The molecular formula is C2H3F2NO. The number of ether oxygens (including phenoxy) is 1. The zero-order valence-corrected chi connectivity index (χ0v) is 2.82. The molecule has 1 aliphatic rings. The molecular weight excluding hydrogens is 92.0 g/mol. The monoisotopic (exact) mass is 95.0 g/mol. The molecule has 2 nitrogen and oxygen atoms in total. The van der Waals surface area contributed by atoms with Gasteiger partial charge in [-0.25, -0.2) is 0 Å². The van der Waals surface area contributed by atoms with Crippen molar-refractivity contribution in [2.75, 3.05) is 0 Å². The van der Waals surface area contributed by atoms with Crippen molar-refractivity contribution in [3.05, 3.63) is 0 Å². The largest absolute Gasteiger partial charge is 0.396 e. The number of hydrogen-bond acceptors (Lipinski definition) is 2. The van der Waals surface area contributed by atoms with Crippen molar-refractivity contribution in [2.45, 2.75) is 12.3 Å². The molecule has 0 spiro atoms. The molecule has 1 fully saturated rings. The number of rotatable bonds is 0. The first-order valence-electron chi connectivity index (χ1n) is 1.44. The van der Waals surface area contributed by atoms with E-state index in [0.29, 0.717) is 0 Å². The minimum atomic E-state index is -3.01. The van der Waals surface area contributed by atoms with E-state index in [1.165, 1.54) is 0 Å². The smallest absolute Gasteiger partial charge is 0.298 e. The maximum atomic E-state index is 11.2. The van der Waals surface area contributed by atoms with Gasteiger partial charge in [0, 0.05) is 0 Å². The van der Waals surface area contributed by atoms with E-state index in [1.54, 1.807) is 0 Å². The Morgan fingerprint density at radius 2 is 1.83 bits per heavy atom. The molecule has 0 amide bonds. The third-order valence-electron chi connectivity index (χ3n) is 0.558. The van der Waals surface area contributed by atoms with Gasteiger partial charge in [-0.2, -0.15) is 8.78 Å². The standard InChI is InChI=1S/C2H3F2NO/c3-2(4)1(5)6-2/h1H,5H2. The maximum Gasteiger partial charge on any atom is 0.396 e. The van der Waals surface area contributed by atoms with Gasteiger partial charge in [0.05, 0.1) is 0 Å². The molecule has 6 heavy (non-hydrogen) atoms. The van der Waals surface area contributed by atoms with Crippen LogP contribution in [-0.2, 0) is 4.74 Å². The summed E-state index contributed by atoms with van der Waals surface area (Å²) in [5.41, 5.74) is 4.53. The molecule has 0 aliphatic carbocycles. The van der Waals surface area contributed by atoms with Gasteiger partial charge in [0.15, 0.2) is 0 Å². The van der Waals surface area contributed by atoms with Crippen molar-refractivity contribution in [1.29, 1.82) is 0 Å². The average Bonchev–Trinajstić information content (AvgIpc) is 1.73. The number of hydrogen-bond donors (Lipinski definition) is 1. The first-order valence-corrected chi connectivity index (χ1v) is 1.44. The van der Waals surface area contributed by atoms with Crippen LogP contribution >= 0.6 is 0 Å². The summed E-state index contributed by atoms with van der Waals surface area (Å²) in [5.74, 6) is 0. The highest BCUT2D eigenvalue weighted by molar-refractivity contribution is 4.75. The zero-order chi connectivity index (χ0) is 4.78. The predicted molar refractivity (Wildman–Crippen MR) is 14.0 cm³/mol. The summed E-state index contributed by atoms with van der Waals surface area (Å²) in [5, 5.41) is 0. The van der Waals surface area contributed by atoms with Gasteiger partial charge in [0.2, 0.25) is 6.23 Å². The van der Waals surface area contributed by atoms with E-state index < -0.39 is 12.3 Å². The first-order chi connectivity index (χ1) is 2.63. The quantitative estimate of drug-likeness (QED) is 0.426. The number of epoxide rings is 1.